The molecule has 25 heavy (non-hydrogen) atoms. The number of benzene rings is 2. The Morgan fingerprint density at radius 3 is 2.24 bits per heavy atom. The second-order valence-corrected chi connectivity index (χ2v) is 5.33. The molecule has 0 aliphatic rings. The summed E-state index contributed by atoms with van der Waals surface area (Å²) in [6, 6.07) is 13.5. The number of hydrogen-bond donors (Lipinski definition) is 0. The fraction of sp³-hybridized carbons (Fsp3) is 0.278. The van der Waals surface area contributed by atoms with E-state index in [1.807, 2.05) is 6.92 Å². The van der Waals surface area contributed by atoms with Crippen molar-refractivity contribution in [2.24, 2.45) is 0 Å². The largest absolute Gasteiger partial charge is 0.494 e. The van der Waals surface area contributed by atoms with Gasteiger partial charge in [0.15, 0.2) is 0 Å². The Kier molecular flexibility index (Phi) is 4.83. The van der Waals surface area contributed by atoms with E-state index in [4.69, 9.17) is 9.47 Å². The first-order valence-electron chi connectivity index (χ1n) is 7.87. The molecule has 0 N–H and O–H groups in total. The predicted molar refractivity (Wildman–Crippen MR) is 87.8 cm³/mol. The van der Waals surface area contributed by atoms with Crippen molar-refractivity contribution in [1.82, 2.24) is 9.55 Å². The first kappa shape index (κ1) is 17.1. The lowest BCUT2D eigenvalue weighted by atomic mass is 10.3. The number of aromatic nitrogens is 2. The average molecular weight is 350 g/mol. The Hall–Kier alpha value is -2.70. The van der Waals surface area contributed by atoms with E-state index in [0.29, 0.717) is 23.4 Å². The van der Waals surface area contributed by atoms with Crippen LogP contribution in [0.4, 0.5) is 13.2 Å². The molecule has 1 aromatic heterocycles. The van der Waals surface area contributed by atoms with Crippen LogP contribution in [0.15, 0.2) is 48.5 Å². The van der Waals surface area contributed by atoms with Crippen molar-refractivity contribution in [2.45, 2.75) is 19.6 Å². The maximum Gasteiger partial charge on any atom is 0.449 e. The Morgan fingerprint density at radius 1 is 0.960 bits per heavy atom. The molecule has 0 atom stereocenters. The second-order valence-electron chi connectivity index (χ2n) is 5.33. The van der Waals surface area contributed by atoms with E-state index in [1.54, 1.807) is 48.5 Å². The van der Waals surface area contributed by atoms with Crippen LogP contribution in [0.1, 0.15) is 12.7 Å². The molecule has 0 fully saturated rings. The zero-order valence-corrected chi connectivity index (χ0v) is 13.6. The van der Waals surface area contributed by atoms with Crippen LogP contribution in [0, 0.1) is 0 Å². The summed E-state index contributed by atoms with van der Waals surface area (Å²) in [5.74, 6) is 0.375. The van der Waals surface area contributed by atoms with Crippen molar-refractivity contribution in [2.75, 3.05) is 13.2 Å². The molecule has 0 saturated heterocycles. The molecule has 4 nitrogen and oxygen atoms in total. The zero-order valence-electron chi connectivity index (χ0n) is 13.6. The molecule has 7 heteroatoms. The molecular weight excluding hydrogens is 333 g/mol. The van der Waals surface area contributed by atoms with Gasteiger partial charge >= 0.3 is 6.18 Å². The van der Waals surface area contributed by atoms with E-state index in [0.717, 1.165) is 10.3 Å². The summed E-state index contributed by atoms with van der Waals surface area (Å²) in [5, 5.41) is 0. The zero-order chi connectivity index (χ0) is 17.9. The molecule has 0 aliphatic heterocycles. The molecule has 2 aromatic carbocycles. The maximum atomic E-state index is 13.2. The van der Waals surface area contributed by atoms with Gasteiger partial charge in [-0.25, -0.2) is 4.98 Å². The van der Waals surface area contributed by atoms with Crippen molar-refractivity contribution in [1.29, 1.82) is 0 Å². The molecule has 3 rings (SSSR count). The van der Waals surface area contributed by atoms with Gasteiger partial charge in [0.1, 0.15) is 18.1 Å². The third-order valence-corrected chi connectivity index (χ3v) is 3.63. The number of halogens is 3. The van der Waals surface area contributed by atoms with Crippen molar-refractivity contribution < 1.29 is 22.6 Å². The van der Waals surface area contributed by atoms with Crippen LogP contribution in [-0.2, 0) is 12.7 Å². The van der Waals surface area contributed by atoms with Gasteiger partial charge in [0.2, 0.25) is 5.82 Å². The smallest absolute Gasteiger partial charge is 0.449 e. The van der Waals surface area contributed by atoms with E-state index >= 15 is 0 Å². The van der Waals surface area contributed by atoms with Crippen molar-refractivity contribution >= 4 is 11.0 Å². The van der Waals surface area contributed by atoms with Crippen LogP contribution in [0.5, 0.6) is 11.5 Å². The number of hydrogen-bond acceptors (Lipinski definition) is 3. The first-order valence-corrected chi connectivity index (χ1v) is 7.87. The molecule has 0 spiro atoms. The fourth-order valence-corrected chi connectivity index (χ4v) is 2.57. The van der Waals surface area contributed by atoms with Crippen LogP contribution in [0.3, 0.4) is 0 Å². The van der Waals surface area contributed by atoms with Crippen LogP contribution in [0.2, 0.25) is 0 Å². The summed E-state index contributed by atoms with van der Waals surface area (Å²) in [6.45, 7) is 2.59. The SMILES string of the molecule is CCOc1ccc(OCCn2c(C(F)(F)F)nc3ccccc32)cc1. The van der Waals surface area contributed by atoms with Gasteiger partial charge in [-0.15, -0.1) is 0 Å². The molecule has 0 radical (unpaired) electrons. The summed E-state index contributed by atoms with van der Waals surface area (Å²) in [6.07, 6.45) is -4.52. The Bertz CT molecular complexity index is 842. The van der Waals surface area contributed by atoms with E-state index in [1.165, 1.54) is 0 Å². The summed E-state index contributed by atoms with van der Waals surface area (Å²) in [7, 11) is 0. The van der Waals surface area contributed by atoms with Crippen LogP contribution in [-0.4, -0.2) is 22.8 Å². The predicted octanol–water partition coefficient (Wildman–Crippen LogP) is 4.53. The number of rotatable bonds is 6. The number of ether oxygens (including phenoxy) is 2. The number of fused-ring (bicyclic) bond motifs is 1. The average Bonchev–Trinajstić information content (AvgIpc) is 2.96. The van der Waals surface area contributed by atoms with Gasteiger partial charge in [0, 0.05) is 0 Å². The van der Waals surface area contributed by atoms with E-state index in [-0.39, 0.29) is 13.2 Å². The summed E-state index contributed by atoms with van der Waals surface area (Å²) in [4.78, 5) is 3.71. The minimum Gasteiger partial charge on any atom is -0.494 e. The fourth-order valence-electron chi connectivity index (χ4n) is 2.57. The van der Waals surface area contributed by atoms with E-state index < -0.39 is 12.0 Å². The molecule has 1 heterocycles. The highest BCUT2D eigenvalue weighted by atomic mass is 19.4. The standard InChI is InChI=1S/C18H17F3N2O2/c1-2-24-13-7-9-14(10-8-13)25-12-11-23-16-6-4-3-5-15(16)22-17(23)18(19,20)21/h3-10H,2,11-12H2,1H3. The molecule has 0 bridgehead atoms. The highest BCUT2D eigenvalue weighted by Crippen LogP contribution is 2.31. The Morgan fingerprint density at radius 2 is 1.60 bits per heavy atom. The van der Waals surface area contributed by atoms with Gasteiger partial charge in [-0.05, 0) is 43.3 Å². The molecule has 132 valence electrons. The van der Waals surface area contributed by atoms with Crippen molar-refractivity contribution in [3.8, 4) is 11.5 Å². The normalized spacial score (nSPS) is 11.7. The number of alkyl halides is 3. The number of para-hydroxylation sites is 2. The highest BCUT2D eigenvalue weighted by Gasteiger charge is 2.37. The minimum atomic E-state index is -4.52. The Labute approximate surface area is 142 Å². The van der Waals surface area contributed by atoms with Gasteiger partial charge in [-0.1, -0.05) is 12.1 Å². The molecule has 3 aromatic rings. The highest BCUT2D eigenvalue weighted by molar-refractivity contribution is 5.76. The molecule has 0 aliphatic carbocycles. The van der Waals surface area contributed by atoms with Gasteiger partial charge in [-0.2, -0.15) is 13.2 Å². The van der Waals surface area contributed by atoms with Gasteiger partial charge in [-0.3, -0.25) is 0 Å². The third-order valence-electron chi connectivity index (χ3n) is 3.63. The molecule has 0 saturated carbocycles. The quantitative estimate of drug-likeness (QED) is 0.655. The lowest BCUT2D eigenvalue weighted by molar-refractivity contribution is -0.147. The minimum absolute atomic E-state index is 0.0442. The monoisotopic (exact) mass is 350 g/mol. The first-order chi connectivity index (χ1) is 12.0. The van der Waals surface area contributed by atoms with Crippen molar-refractivity contribution in [3.63, 3.8) is 0 Å². The molecular formula is C18H17F3N2O2. The molecule has 0 amide bonds. The van der Waals surface area contributed by atoms with Gasteiger partial charge in [0.05, 0.1) is 24.2 Å². The van der Waals surface area contributed by atoms with Gasteiger partial charge in [0.25, 0.3) is 0 Å². The topological polar surface area (TPSA) is 36.3 Å². The van der Waals surface area contributed by atoms with E-state index in [2.05, 4.69) is 4.98 Å². The van der Waals surface area contributed by atoms with E-state index in [9.17, 15) is 13.2 Å². The Balaban J connectivity index is 1.74. The summed E-state index contributed by atoms with van der Waals surface area (Å²) in [5.41, 5.74) is 0.751. The molecule has 0 unspecified atom stereocenters. The van der Waals surface area contributed by atoms with Crippen molar-refractivity contribution in [3.05, 3.63) is 54.4 Å². The summed E-state index contributed by atoms with van der Waals surface area (Å²) >= 11 is 0. The lowest BCUT2D eigenvalue weighted by Gasteiger charge is -2.12. The lowest BCUT2D eigenvalue weighted by Crippen LogP contribution is -2.18. The number of imidazole rings is 1. The van der Waals surface area contributed by atoms with Crippen LogP contribution < -0.4 is 9.47 Å². The van der Waals surface area contributed by atoms with Crippen LogP contribution >= 0.6 is 0 Å². The van der Waals surface area contributed by atoms with Crippen LogP contribution in [0.25, 0.3) is 11.0 Å². The number of nitrogens with zero attached hydrogens (tertiary/aromatic N) is 2. The third kappa shape index (κ3) is 3.87. The maximum absolute atomic E-state index is 13.2. The van der Waals surface area contributed by atoms with Gasteiger partial charge < -0.3 is 14.0 Å². The second kappa shape index (κ2) is 7.04. The summed E-state index contributed by atoms with van der Waals surface area (Å²) < 4.78 is 51.7.